The van der Waals surface area contributed by atoms with E-state index in [2.05, 4.69) is 22.9 Å². The summed E-state index contributed by atoms with van der Waals surface area (Å²) in [6.07, 6.45) is 1.85. The molecule has 108 valence electrons. The first-order valence-corrected chi connectivity index (χ1v) is 6.54. The minimum absolute atomic E-state index is 0.257. The van der Waals surface area contributed by atoms with E-state index in [1.807, 2.05) is 13.1 Å². The first kappa shape index (κ1) is 15.9. The summed E-state index contributed by atoms with van der Waals surface area (Å²) in [6, 6.07) is 2.33. The predicted octanol–water partition coefficient (Wildman–Crippen LogP) is 1.34. The van der Waals surface area contributed by atoms with E-state index in [-0.39, 0.29) is 6.04 Å². The maximum atomic E-state index is 5.81. The lowest BCUT2D eigenvalue weighted by molar-refractivity contribution is 0.171. The van der Waals surface area contributed by atoms with Gasteiger partial charge in [-0.15, -0.1) is 0 Å². The number of hydrogen-bond acceptors (Lipinski definition) is 5. The van der Waals surface area contributed by atoms with Crippen LogP contribution in [-0.4, -0.2) is 45.0 Å². The molecule has 0 saturated heterocycles. The van der Waals surface area contributed by atoms with Crippen LogP contribution in [-0.2, 0) is 16.0 Å². The largest absolute Gasteiger partial charge is 0.383 e. The standard InChI is InChI=1S/C14H25N3O2/c1-11-7-14(13(8-15)9-16-11)17(5-6-18-3)12(2)10-19-4/h7,9,12H,5-6,8,10,15H2,1-4H3. The summed E-state index contributed by atoms with van der Waals surface area (Å²) < 4.78 is 10.5. The smallest absolute Gasteiger partial charge is 0.0663 e. The Bertz CT molecular complexity index is 385. The van der Waals surface area contributed by atoms with Gasteiger partial charge in [0.05, 0.1) is 13.2 Å². The third kappa shape index (κ3) is 4.45. The fourth-order valence-corrected chi connectivity index (χ4v) is 2.10. The Kier molecular flexibility index (Phi) is 6.77. The van der Waals surface area contributed by atoms with Crippen molar-refractivity contribution >= 4 is 5.69 Å². The Morgan fingerprint density at radius 2 is 2.11 bits per heavy atom. The fourth-order valence-electron chi connectivity index (χ4n) is 2.10. The molecule has 0 bridgehead atoms. The number of anilines is 1. The Balaban J connectivity index is 3.04. The lowest BCUT2D eigenvalue weighted by atomic mass is 10.1. The quantitative estimate of drug-likeness (QED) is 0.770. The first-order valence-electron chi connectivity index (χ1n) is 6.54. The molecule has 0 aromatic carbocycles. The van der Waals surface area contributed by atoms with Gasteiger partial charge in [-0.05, 0) is 19.9 Å². The number of nitrogens with two attached hydrogens (primary N) is 1. The predicted molar refractivity (Wildman–Crippen MR) is 77.4 cm³/mol. The molecule has 0 aliphatic heterocycles. The summed E-state index contributed by atoms with van der Waals surface area (Å²) in [5.74, 6) is 0. The SMILES string of the molecule is COCCN(c1cc(C)ncc1CN)C(C)COC. The van der Waals surface area contributed by atoms with Crippen molar-refractivity contribution in [3.05, 3.63) is 23.5 Å². The van der Waals surface area contributed by atoms with Crippen LogP contribution < -0.4 is 10.6 Å². The van der Waals surface area contributed by atoms with E-state index in [1.54, 1.807) is 14.2 Å². The molecule has 2 N–H and O–H groups in total. The average molecular weight is 267 g/mol. The van der Waals surface area contributed by atoms with Gasteiger partial charge in [0, 0.05) is 56.5 Å². The summed E-state index contributed by atoms with van der Waals surface area (Å²) in [7, 11) is 3.42. The van der Waals surface area contributed by atoms with E-state index in [4.69, 9.17) is 15.2 Å². The van der Waals surface area contributed by atoms with E-state index in [9.17, 15) is 0 Å². The van der Waals surface area contributed by atoms with Crippen LogP contribution in [0, 0.1) is 6.92 Å². The zero-order chi connectivity index (χ0) is 14.3. The molecule has 0 spiro atoms. The molecule has 0 fully saturated rings. The summed E-state index contributed by atoms with van der Waals surface area (Å²) >= 11 is 0. The van der Waals surface area contributed by atoms with Crippen LogP contribution in [0.15, 0.2) is 12.3 Å². The number of aryl methyl sites for hydroxylation is 1. The van der Waals surface area contributed by atoms with E-state index < -0.39 is 0 Å². The Labute approximate surface area is 115 Å². The summed E-state index contributed by atoms with van der Waals surface area (Å²) in [6.45, 7) is 6.73. The fraction of sp³-hybridized carbons (Fsp3) is 0.643. The van der Waals surface area contributed by atoms with Crippen molar-refractivity contribution in [1.82, 2.24) is 4.98 Å². The lowest BCUT2D eigenvalue weighted by Gasteiger charge is -2.32. The number of aromatic nitrogens is 1. The third-order valence-electron chi connectivity index (χ3n) is 3.10. The van der Waals surface area contributed by atoms with Gasteiger partial charge in [0.25, 0.3) is 0 Å². The van der Waals surface area contributed by atoms with E-state index in [0.717, 1.165) is 23.5 Å². The summed E-state index contributed by atoms with van der Waals surface area (Å²) in [4.78, 5) is 6.58. The highest BCUT2D eigenvalue weighted by atomic mass is 16.5. The van der Waals surface area contributed by atoms with Crippen LogP contribution in [0.4, 0.5) is 5.69 Å². The molecule has 19 heavy (non-hydrogen) atoms. The zero-order valence-electron chi connectivity index (χ0n) is 12.3. The molecule has 0 saturated carbocycles. The molecular weight excluding hydrogens is 242 g/mol. The Morgan fingerprint density at radius 3 is 2.68 bits per heavy atom. The molecule has 5 heteroatoms. The minimum Gasteiger partial charge on any atom is -0.383 e. The van der Waals surface area contributed by atoms with Crippen molar-refractivity contribution in [2.75, 3.05) is 38.9 Å². The van der Waals surface area contributed by atoms with Gasteiger partial charge in [0.15, 0.2) is 0 Å². The van der Waals surface area contributed by atoms with Gasteiger partial charge in [-0.25, -0.2) is 0 Å². The zero-order valence-corrected chi connectivity index (χ0v) is 12.3. The highest BCUT2D eigenvalue weighted by Gasteiger charge is 2.17. The number of ether oxygens (including phenoxy) is 2. The molecule has 1 unspecified atom stereocenters. The monoisotopic (exact) mass is 267 g/mol. The Hall–Kier alpha value is -1.17. The van der Waals surface area contributed by atoms with Crippen molar-refractivity contribution in [3.63, 3.8) is 0 Å². The van der Waals surface area contributed by atoms with Crippen molar-refractivity contribution < 1.29 is 9.47 Å². The van der Waals surface area contributed by atoms with Crippen molar-refractivity contribution in [2.24, 2.45) is 5.73 Å². The van der Waals surface area contributed by atoms with Crippen LogP contribution in [0.1, 0.15) is 18.2 Å². The average Bonchev–Trinajstić information content (AvgIpc) is 2.40. The maximum absolute atomic E-state index is 5.81. The molecule has 1 rings (SSSR count). The number of hydrogen-bond donors (Lipinski definition) is 1. The second-order valence-electron chi connectivity index (χ2n) is 4.65. The second kappa shape index (κ2) is 8.09. The number of rotatable bonds is 8. The summed E-state index contributed by atoms with van der Waals surface area (Å²) in [5, 5.41) is 0. The molecule has 0 aliphatic carbocycles. The van der Waals surface area contributed by atoms with Gasteiger partial charge >= 0.3 is 0 Å². The Morgan fingerprint density at radius 1 is 1.37 bits per heavy atom. The van der Waals surface area contributed by atoms with Gasteiger partial charge in [-0.3, -0.25) is 4.98 Å². The normalized spacial score (nSPS) is 12.5. The molecule has 1 aromatic heterocycles. The first-order chi connectivity index (χ1) is 9.13. The van der Waals surface area contributed by atoms with E-state index >= 15 is 0 Å². The molecule has 1 aromatic rings. The lowest BCUT2D eigenvalue weighted by Crippen LogP contribution is -2.39. The highest BCUT2D eigenvalue weighted by Crippen LogP contribution is 2.22. The van der Waals surface area contributed by atoms with Gasteiger partial charge in [-0.2, -0.15) is 0 Å². The molecule has 5 nitrogen and oxygen atoms in total. The van der Waals surface area contributed by atoms with E-state index in [1.165, 1.54) is 0 Å². The van der Waals surface area contributed by atoms with Crippen LogP contribution in [0.2, 0.25) is 0 Å². The summed E-state index contributed by atoms with van der Waals surface area (Å²) in [5.41, 5.74) is 8.97. The van der Waals surface area contributed by atoms with Crippen LogP contribution in [0.3, 0.4) is 0 Å². The number of nitrogens with zero attached hydrogens (tertiary/aromatic N) is 2. The van der Waals surface area contributed by atoms with Gasteiger partial charge < -0.3 is 20.1 Å². The van der Waals surface area contributed by atoms with Gasteiger partial charge in [0.1, 0.15) is 0 Å². The molecular formula is C14H25N3O2. The van der Waals surface area contributed by atoms with Crippen LogP contribution in [0.5, 0.6) is 0 Å². The second-order valence-corrected chi connectivity index (χ2v) is 4.65. The molecule has 0 radical (unpaired) electrons. The van der Waals surface area contributed by atoms with E-state index in [0.29, 0.717) is 19.8 Å². The topological polar surface area (TPSA) is 60.6 Å². The minimum atomic E-state index is 0.257. The van der Waals surface area contributed by atoms with Crippen molar-refractivity contribution in [3.8, 4) is 0 Å². The highest BCUT2D eigenvalue weighted by molar-refractivity contribution is 5.54. The van der Waals surface area contributed by atoms with Crippen molar-refractivity contribution in [2.45, 2.75) is 26.4 Å². The molecule has 1 heterocycles. The molecule has 0 amide bonds. The molecule has 0 aliphatic rings. The molecule has 1 atom stereocenters. The van der Waals surface area contributed by atoms with Gasteiger partial charge in [-0.1, -0.05) is 0 Å². The number of pyridine rings is 1. The third-order valence-corrected chi connectivity index (χ3v) is 3.10. The van der Waals surface area contributed by atoms with Gasteiger partial charge in [0.2, 0.25) is 0 Å². The number of methoxy groups -OCH3 is 2. The van der Waals surface area contributed by atoms with Crippen molar-refractivity contribution in [1.29, 1.82) is 0 Å². The van der Waals surface area contributed by atoms with Crippen LogP contribution in [0.25, 0.3) is 0 Å². The maximum Gasteiger partial charge on any atom is 0.0663 e. The van der Waals surface area contributed by atoms with Crippen LogP contribution >= 0.6 is 0 Å².